The van der Waals surface area contributed by atoms with Gasteiger partial charge in [-0.2, -0.15) is 0 Å². The van der Waals surface area contributed by atoms with Crippen LogP contribution < -0.4 is 26.8 Å². The third-order valence-electron chi connectivity index (χ3n) is 7.54. The number of rotatable bonds is 6. The van der Waals surface area contributed by atoms with E-state index in [1.54, 1.807) is 36.4 Å². The molecular weight excluding hydrogens is 487 g/mol. The number of ether oxygens (including phenoxy) is 2. The van der Waals surface area contributed by atoms with Gasteiger partial charge in [-0.1, -0.05) is 12.1 Å². The minimum Gasteiger partial charge on any atom is -0.507 e. The van der Waals surface area contributed by atoms with Crippen LogP contribution in [0.4, 0.5) is 10.1 Å². The van der Waals surface area contributed by atoms with E-state index in [9.17, 15) is 9.50 Å². The molecule has 3 aliphatic rings. The van der Waals surface area contributed by atoms with Crippen molar-refractivity contribution >= 4 is 11.4 Å². The van der Waals surface area contributed by atoms with Crippen molar-refractivity contribution in [2.24, 2.45) is 17.2 Å². The van der Waals surface area contributed by atoms with Crippen LogP contribution in [0.25, 0.3) is 5.70 Å². The van der Waals surface area contributed by atoms with E-state index in [1.807, 2.05) is 6.07 Å². The smallest absolute Gasteiger partial charge is 0.128 e. The van der Waals surface area contributed by atoms with Crippen LogP contribution >= 0.6 is 0 Å². The summed E-state index contributed by atoms with van der Waals surface area (Å²) in [6.45, 7) is 4.00. The highest BCUT2D eigenvalue weighted by molar-refractivity contribution is 5.70. The molecule has 2 bridgehead atoms. The minimum atomic E-state index is -0.322. The number of benzene rings is 2. The summed E-state index contributed by atoms with van der Waals surface area (Å²) >= 11 is 0. The van der Waals surface area contributed by atoms with Crippen molar-refractivity contribution in [3.8, 4) is 11.5 Å². The summed E-state index contributed by atoms with van der Waals surface area (Å²) in [5, 5.41) is 10.2. The molecule has 204 valence electrons. The summed E-state index contributed by atoms with van der Waals surface area (Å²) in [6, 6.07) is 11.7. The van der Waals surface area contributed by atoms with Gasteiger partial charge in [-0.3, -0.25) is 0 Å². The molecule has 7 N–H and O–H groups in total. The summed E-state index contributed by atoms with van der Waals surface area (Å²) in [5.74, 6) is 0.448. The van der Waals surface area contributed by atoms with E-state index in [-0.39, 0.29) is 35.6 Å². The van der Waals surface area contributed by atoms with Crippen LogP contribution in [0.15, 0.2) is 60.1 Å². The standard InChI is InChI=1S/C28H37FN6O3/c1-33-8-6-22(7-9-33)38-23-11-18(29)10-19(12-23)35-20-14-34(15-21(35)17-37-16-20)26(28(31)32)13-25(30)24-4-2-3-5-27(24)36/h2-5,10-13,20-22,36H,6-9,14-17,30-32H2,1H3/b25-13-. The number of allylic oxidation sites excluding steroid dienone is 1. The molecule has 3 heterocycles. The van der Waals surface area contributed by atoms with Crippen molar-refractivity contribution in [2.45, 2.75) is 31.0 Å². The molecule has 2 aromatic rings. The zero-order valence-corrected chi connectivity index (χ0v) is 21.7. The Hall–Kier alpha value is -3.63. The number of fused-ring (bicyclic) bond motifs is 2. The fourth-order valence-corrected chi connectivity index (χ4v) is 5.64. The summed E-state index contributed by atoms with van der Waals surface area (Å²) in [6.07, 6.45) is 3.63. The number of phenols is 1. The lowest BCUT2D eigenvalue weighted by Gasteiger charge is -2.52. The number of hydrogen-bond acceptors (Lipinski definition) is 9. The van der Waals surface area contributed by atoms with Gasteiger partial charge >= 0.3 is 0 Å². The Morgan fingerprint density at radius 3 is 2.39 bits per heavy atom. The third kappa shape index (κ3) is 5.61. The van der Waals surface area contributed by atoms with Gasteiger partial charge in [-0.15, -0.1) is 0 Å². The molecule has 0 saturated carbocycles. The molecule has 9 nitrogen and oxygen atoms in total. The lowest BCUT2D eigenvalue weighted by Crippen LogP contribution is -2.64. The first-order valence-electron chi connectivity index (χ1n) is 13.1. The highest BCUT2D eigenvalue weighted by Gasteiger charge is 2.39. The Morgan fingerprint density at radius 2 is 1.74 bits per heavy atom. The summed E-state index contributed by atoms with van der Waals surface area (Å²) < 4.78 is 26.9. The lowest BCUT2D eigenvalue weighted by atomic mass is 10.0. The van der Waals surface area contributed by atoms with Crippen molar-refractivity contribution in [3.63, 3.8) is 0 Å². The van der Waals surface area contributed by atoms with Crippen molar-refractivity contribution in [1.29, 1.82) is 0 Å². The molecule has 10 heteroatoms. The first-order valence-corrected chi connectivity index (χ1v) is 13.1. The van der Waals surface area contributed by atoms with Crippen LogP contribution in [0, 0.1) is 5.82 Å². The van der Waals surface area contributed by atoms with Crippen LogP contribution in [-0.4, -0.2) is 79.5 Å². The fourth-order valence-electron chi connectivity index (χ4n) is 5.64. The molecule has 2 unspecified atom stereocenters. The van der Waals surface area contributed by atoms with Gasteiger partial charge in [-0.25, -0.2) is 4.39 Å². The SMILES string of the molecule is CN1CCC(Oc2cc(F)cc(N3C4COCC3CN(C(/C=C(\N)c3ccccc3O)=C(N)N)C4)c2)CC1. The van der Waals surface area contributed by atoms with Crippen molar-refractivity contribution in [3.05, 3.63) is 71.4 Å². The number of piperidine rings is 1. The predicted octanol–water partition coefficient (Wildman–Crippen LogP) is 1.98. The zero-order valence-electron chi connectivity index (χ0n) is 21.7. The molecule has 0 aliphatic carbocycles. The van der Waals surface area contributed by atoms with Crippen LogP contribution in [0.3, 0.4) is 0 Å². The highest BCUT2D eigenvalue weighted by atomic mass is 19.1. The van der Waals surface area contributed by atoms with E-state index in [0.29, 0.717) is 49.0 Å². The molecule has 0 radical (unpaired) electrons. The normalized spacial score (nSPS) is 22.8. The number of likely N-dealkylation sites (tertiary alicyclic amines) is 1. The van der Waals surface area contributed by atoms with Crippen LogP contribution in [-0.2, 0) is 4.74 Å². The fraction of sp³-hybridized carbons (Fsp3) is 0.429. The van der Waals surface area contributed by atoms with Gasteiger partial charge in [0.2, 0.25) is 0 Å². The quantitative estimate of drug-likeness (QED) is 0.420. The Balaban J connectivity index is 1.37. The molecule has 5 rings (SSSR count). The van der Waals surface area contributed by atoms with E-state index in [2.05, 4.69) is 21.7 Å². The number of para-hydroxylation sites is 1. The number of hydrogen-bond donors (Lipinski definition) is 4. The van der Waals surface area contributed by atoms with Gasteiger partial charge in [0, 0.05) is 55.3 Å². The molecule has 3 aliphatic heterocycles. The van der Waals surface area contributed by atoms with Crippen molar-refractivity contribution in [1.82, 2.24) is 9.80 Å². The lowest BCUT2D eigenvalue weighted by molar-refractivity contribution is 0.0254. The van der Waals surface area contributed by atoms with Gasteiger partial charge in [0.15, 0.2) is 0 Å². The van der Waals surface area contributed by atoms with Gasteiger partial charge in [0.25, 0.3) is 0 Å². The second-order valence-corrected chi connectivity index (χ2v) is 10.4. The molecule has 2 aromatic carbocycles. The second-order valence-electron chi connectivity index (χ2n) is 10.4. The number of morpholine rings is 1. The van der Waals surface area contributed by atoms with Gasteiger partial charge < -0.3 is 46.5 Å². The largest absolute Gasteiger partial charge is 0.507 e. The van der Waals surface area contributed by atoms with Gasteiger partial charge in [-0.05, 0) is 44.2 Å². The Kier molecular flexibility index (Phi) is 7.53. The molecule has 0 spiro atoms. The van der Waals surface area contributed by atoms with E-state index in [0.717, 1.165) is 31.6 Å². The minimum absolute atomic E-state index is 0.0606. The average molecular weight is 525 g/mol. The Bertz CT molecular complexity index is 1190. The van der Waals surface area contributed by atoms with Crippen molar-refractivity contribution < 1.29 is 19.0 Å². The number of nitrogens with zero attached hydrogens (tertiary/aromatic N) is 3. The van der Waals surface area contributed by atoms with E-state index in [4.69, 9.17) is 26.7 Å². The van der Waals surface area contributed by atoms with Crippen molar-refractivity contribution in [2.75, 3.05) is 51.3 Å². The Morgan fingerprint density at radius 1 is 1.05 bits per heavy atom. The highest BCUT2D eigenvalue weighted by Crippen LogP contribution is 2.34. The molecule has 38 heavy (non-hydrogen) atoms. The molecule has 3 saturated heterocycles. The van der Waals surface area contributed by atoms with E-state index < -0.39 is 0 Å². The monoisotopic (exact) mass is 524 g/mol. The second kappa shape index (κ2) is 11.0. The molecule has 0 amide bonds. The molecular formula is C28H37FN6O3. The van der Waals surface area contributed by atoms with E-state index in [1.165, 1.54) is 6.07 Å². The summed E-state index contributed by atoms with van der Waals surface area (Å²) in [7, 11) is 2.10. The Labute approximate surface area is 222 Å². The average Bonchev–Trinajstić information content (AvgIpc) is 2.87. The maximum atomic E-state index is 14.8. The van der Waals surface area contributed by atoms with Crippen LogP contribution in [0.1, 0.15) is 18.4 Å². The summed E-state index contributed by atoms with van der Waals surface area (Å²) in [4.78, 5) is 6.59. The first-order chi connectivity index (χ1) is 18.3. The third-order valence-corrected chi connectivity index (χ3v) is 7.54. The number of phenolic OH excluding ortho intramolecular Hbond substituents is 1. The number of anilines is 1. The maximum Gasteiger partial charge on any atom is 0.128 e. The maximum absolute atomic E-state index is 14.8. The zero-order chi connectivity index (χ0) is 26.8. The molecule has 0 aromatic heterocycles. The molecule has 2 atom stereocenters. The first kappa shape index (κ1) is 26.0. The van der Waals surface area contributed by atoms with Gasteiger partial charge in [0.1, 0.15) is 29.2 Å². The summed E-state index contributed by atoms with van der Waals surface area (Å²) in [5.41, 5.74) is 20.8. The number of aromatic hydroxyl groups is 1. The predicted molar refractivity (Wildman–Crippen MR) is 146 cm³/mol. The van der Waals surface area contributed by atoms with Crippen LogP contribution in [0.2, 0.25) is 0 Å². The topological polar surface area (TPSA) is 126 Å². The van der Waals surface area contributed by atoms with E-state index >= 15 is 0 Å². The number of nitrogens with two attached hydrogens (primary N) is 3. The number of halogens is 1. The van der Waals surface area contributed by atoms with Crippen LogP contribution in [0.5, 0.6) is 11.5 Å². The number of piperazine rings is 1. The molecule has 3 fully saturated rings. The van der Waals surface area contributed by atoms with Gasteiger partial charge in [0.05, 0.1) is 31.0 Å².